The minimum absolute atomic E-state index is 0.0265. The van der Waals surface area contributed by atoms with Crippen LogP contribution in [-0.4, -0.2) is 52.1 Å². The predicted molar refractivity (Wildman–Crippen MR) is 119 cm³/mol. The Balaban J connectivity index is 3.39. The highest BCUT2D eigenvalue weighted by Gasteiger charge is 2.29. The molecular weight excluding hydrogens is 683 g/mol. The van der Waals surface area contributed by atoms with E-state index in [2.05, 4.69) is 5.32 Å². The molecule has 0 spiro atoms. The molecule has 1 rings (SSSR count). The Kier molecular flexibility index (Phi) is 10.5. The van der Waals surface area contributed by atoms with E-state index in [0.717, 1.165) is 0 Å². The van der Waals surface area contributed by atoms with E-state index in [4.69, 9.17) is 19.9 Å². The van der Waals surface area contributed by atoms with Gasteiger partial charge in [-0.2, -0.15) is 5.26 Å². The second kappa shape index (κ2) is 11.5. The number of nitrogens with two attached hydrogens (primary N) is 1. The largest absolute Gasteiger partial charge is 0.441 e. The van der Waals surface area contributed by atoms with Gasteiger partial charge in [-0.25, -0.2) is 4.79 Å². The van der Waals surface area contributed by atoms with Gasteiger partial charge in [0.25, 0.3) is 5.91 Å². The van der Waals surface area contributed by atoms with Gasteiger partial charge in [0, 0.05) is 31.5 Å². The van der Waals surface area contributed by atoms with Crippen LogP contribution in [0.15, 0.2) is 0 Å². The number of methoxy groups -OCH3 is 2. The van der Waals surface area contributed by atoms with E-state index in [-0.39, 0.29) is 23.3 Å². The average molecular weight is 699 g/mol. The highest BCUT2D eigenvalue weighted by atomic mass is 127. The standard InChI is InChI=1S/C15H16I3N3O5/c1-24-4-3-21-14(22)9-11(16)7(5-19)12(17)10(13(9)18)15(23)26-8(20)6-25-2/h8H,3-4,6,20H2,1-2H3,(H,21,22). The van der Waals surface area contributed by atoms with Crippen LogP contribution in [0.5, 0.6) is 0 Å². The van der Waals surface area contributed by atoms with Crippen LogP contribution in [0.4, 0.5) is 0 Å². The van der Waals surface area contributed by atoms with Gasteiger partial charge in [-0.15, -0.1) is 0 Å². The minimum Gasteiger partial charge on any atom is -0.441 e. The first-order chi connectivity index (χ1) is 12.3. The Morgan fingerprint density at radius 3 is 2.31 bits per heavy atom. The van der Waals surface area contributed by atoms with E-state index in [1.165, 1.54) is 14.2 Å². The van der Waals surface area contributed by atoms with Crippen molar-refractivity contribution in [1.82, 2.24) is 5.32 Å². The van der Waals surface area contributed by atoms with Crippen molar-refractivity contribution in [2.24, 2.45) is 5.73 Å². The number of carbonyl (C=O) groups excluding carboxylic acids is 2. The van der Waals surface area contributed by atoms with E-state index in [9.17, 15) is 14.9 Å². The molecule has 0 fully saturated rings. The number of benzene rings is 1. The third-order valence-corrected chi connectivity index (χ3v) is 6.28. The number of nitriles is 1. The fourth-order valence-electron chi connectivity index (χ4n) is 1.89. The zero-order chi connectivity index (χ0) is 19.9. The Morgan fingerprint density at radius 1 is 1.15 bits per heavy atom. The summed E-state index contributed by atoms with van der Waals surface area (Å²) in [6, 6.07) is 2.04. The van der Waals surface area contributed by atoms with Crippen LogP contribution in [0, 0.1) is 22.0 Å². The smallest absolute Gasteiger partial charge is 0.342 e. The van der Waals surface area contributed by atoms with Crippen molar-refractivity contribution < 1.29 is 23.8 Å². The fourth-order valence-corrected chi connectivity index (χ4v) is 6.23. The Hall–Kier alpha value is -0.280. The van der Waals surface area contributed by atoms with Crippen molar-refractivity contribution in [2.75, 3.05) is 34.0 Å². The number of hydrogen-bond donors (Lipinski definition) is 2. The van der Waals surface area contributed by atoms with Crippen molar-refractivity contribution in [3.8, 4) is 6.07 Å². The normalized spacial score (nSPS) is 11.6. The Labute approximate surface area is 191 Å². The number of esters is 1. The van der Waals surface area contributed by atoms with Crippen LogP contribution >= 0.6 is 67.8 Å². The molecule has 8 nitrogen and oxygen atoms in total. The molecule has 0 heterocycles. The van der Waals surface area contributed by atoms with E-state index >= 15 is 0 Å². The van der Waals surface area contributed by atoms with Crippen LogP contribution in [0.3, 0.4) is 0 Å². The van der Waals surface area contributed by atoms with Gasteiger partial charge in [-0.1, -0.05) is 0 Å². The first kappa shape index (κ1) is 23.8. The molecular formula is C15H16I3N3O5. The Bertz CT molecular complexity index is 736. The molecule has 142 valence electrons. The summed E-state index contributed by atoms with van der Waals surface area (Å²) in [5, 5.41) is 12.2. The zero-order valence-electron chi connectivity index (χ0n) is 13.9. The number of hydrogen-bond acceptors (Lipinski definition) is 7. The molecule has 1 amide bonds. The summed E-state index contributed by atoms with van der Waals surface area (Å²) in [5.74, 6) is -1.12. The number of ether oxygens (including phenoxy) is 3. The summed E-state index contributed by atoms with van der Waals surface area (Å²) >= 11 is 5.72. The van der Waals surface area contributed by atoms with Gasteiger partial charge in [0.2, 0.25) is 0 Å². The molecule has 0 aliphatic heterocycles. The molecule has 0 saturated carbocycles. The summed E-state index contributed by atoms with van der Waals surface area (Å²) in [7, 11) is 2.96. The SMILES string of the molecule is COCCNC(=O)c1c(I)c(C#N)c(I)c(C(=O)OC(N)COC)c1I. The van der Waals surface area contributed by atoms with Crippen molar-refractivity contribution in [3.63, 3.8) is 0 Å². The number of carbonyl (C=O) groups is 2. The van der Waals surface area contributed by atoms with Gasteiger partial charge in [-0.3, -0.25) is 10.5 Å². The maximum absolute atomic E-state index is 12.6. The number of rotatable bonds is 8. The second-order valence-electron chi connectivity index (χ2n) is 4.83. The first-order valence-electron chi connectivity index (χ1n) is 7.13. The average Bonchev–Trinajstić information content (AvgIpc) is 2.55. The van der Waals surface area contributed by atoms with E-state index in [1.807, 2.05) is 73.8 Å². The van der Waals surface area contributed by atoms with Crippen molar-refractivity contribution in [1.29, 1.82) is 5.26 Å². The molecule has 0 aliphatic rings. The molecule has 1 aromatic carbocycles. The highest BCUT2D eigenvalue weighted by Crippen LogP contribution is 2.32. The third-order valence-electron chi connectivity index (χ3n) is 3.04. The van der Waals surface area contributed by atoms with Crippen LogP contribution in [-0.2, 0) is 14.2 Å². The van der Waals surface area contributed by atoms with Crippen LogP contribution < -0.4 is 11.1 Å². The lowest BCUT2D eigenvalue weighted by molar-refractivity contribution is 0.00787. The number of nitrogens with zero attached hydrogens (tertiary/aromatic N) is 1. The van der Waals surface area contributed by atoms with Crippen molar-refractivity contribution >= 4 is 79.6 Å². The fraction of sp³-hybridized carbons (Fsp3) is 0.400. The molecule has 1 unspecified atom stereocenters. The van der Waals surface area contributed by atoms with E-state index < -0.39 is 18.1 Å². The van der Waals surface area contributed by atoms with Gasteiger partial charge in [0.05, 0.1) is 29.9 Å². The van der Waals surface area contributed by atoms with E-state index in [1.54, 1.807) is 0 Å². The molecule has 0 saturated heterocycles. The first-order valence-corrected chi connectivity index (χ1v) is 10.4. The van der Waals surface area contributed by atoms with Crippen LogP contribution in [0.25, 0.3) is 0 Å². The van der Waals surface area contributed by atoms with E-state index in [0.29, 0.717) is 23.9 Å². The second-order valence-corrected chi connectivity index (χ2v) is 8.06. The molecule has 11 heteroatoms. The molecule has 1 aromatic rings. The molecule has 0 bridgehead atoms. The number of amides is 1. The summed E-state index contributed by atoms with van der Waals surface area (Å²) in [6.45, 7) is 0.668. The molecule has 0 aliphatic carbocycles. The Morgan fingerprint density at radius 2 is 1.77 bits per heavy atom. The maximum atomic E-state index is 12.6. The summed E-state index contributed by atoms with van der Waals surface area (Å²) in [6.07, 6.45) is -0.956. The topological polar surface area (TPSA) is 124 Å². The van der Waals surface area contributed by atoms with Crippen molar-refractivity contribution in [2.45, 2.75) is 6.23 Å². The molecule has 0 radical (unpaired) electrons. The van der Waals surface area contributed by atoms with Gasteiger partial charge in [0.15, 0.2) is 6.23 Å². The predicted octanol–water partition coefficient (Wildman–Crippen LogP) is 1.84. The lowest BCUT2D eigenvalue weighted by Gasteiger charge is -2.17. The van der Waals surface area contributed by atoms with Gasteiger partial charge in [-0.05, 0) is 67.8 Å². The van der Waals surface area contributed by atoms with Crippen LogP contribution in [0.2, 0.25) is 0 Å². The van der Waals surface area contributed by atoms with Crippen LogP contribution in [0.1, 0.15) is 26.3 Å². The molecule has 3 N–H and O–H groups in total. The summed E-state index contributed by atoms with van der Waals surface area (Å²) in [4.78, 5) is 25.1. The monoisotopic (exact) mass is 699 g/mol. The third kappa shape index (κ3) is 5.86. The molecule has 0 aromatic heterocycles. The molecule has 26 heavy (non-hydrogen) atoms. The number of halogens is 3. The van der Waals surface area contributed by atoms with Crippen molar-refractivity contribution in [3.05, 3.63) is 27.4 Å². The minimum atomic E-state index is -0.956. The highest BCUT2D eigenvalue weighted by molar-refractivity contribution is 14.1. The lowest BCUT2D eigenvalue weighted by Crippen LogP contribution is -2.33. The van der Waals surface area contributed by atoms with Gasteiger partial charge >= 0.3 is 5.97 Å². The van der Waals surface area contributed by atoms with Gasteiger partial charge < -0.3 is 19.5 Å². The zero-order valence-corrected chi connectivity index (χ0v) is 20.4. The summed E-state index contributed by atoms with van der Waals surface area (Å²) < 4.78 is 16.2. The molecule has 1 atom stereocenters. The lowest BCUT2D eigenvalue weighted by atomic mass is 10.1. The van der Waals surface area contributed by atoms with Gasteiger partial charge in [0.1, 0.15) is 6.07 Å². The number of nitrogens with one attached hydrogen (secondary N) is 1. The quantitative estimate of drug-likeness (QED) is 0.184. The summed E-state index contributed by atoms with van der Waals surface area (Å²) in [5.41, 5.74) is 6.27. The maximum Gasteiger partial charge on any atom is 0.342 e.